The molecule has 0 aliphatic heterocycles. The van der Waals surface area contributed by atoms with Crippen molar-refractivity contribution in [2.45, 2.75) is 30.2 Å². The van der Waals surface area contributed by atoms with E-state index in [4.69, 9.17) is 4.42 Å². The highest BCUT2D eigenvalue weighted by atomic mass is 32.2. The monoisotopic (exact) mass is 283 g/mol. The van der Waals surface area contributed by atoms with Gasteiger partial charge in [0.2, 0.25) is 5.91 Å². The van der Waals surface area contributed by atoms with Crippen LogP contribution in [-0.2, 0) is 15.6 Å². The standard InChI is InChI=1S/C10H12F3NO3S/c1-6-8(3-4-17-6)18(16)7(2)9(15)14-5-10(11,12)13/h3-4,7H,5H2,1-2H3,(H,14,15). The second-order valence-corrected chi connectivity index (χ2v) is 5.36. The lowest BCUT2D eigenvalue weighted by Gasteiger charge is -2.13. The summed E-state index contributed by atoms with van der Waals surface area (Å²) in [5.41, 5.74) is 0. The van der Waals surface area contributed by atoms with Crippen molar-refractivity contribution < 1.29 is 26.6 Å². The van der Waals surface area contributed by atoms with Crippen molar-refractivity contribution in [3.63, 3.8) is 0 Å². The van der Waals surface area contributed by atoms with E-state index in [0.717, 1.165) is 0 Å². The molecule has 1 heterocycles. The number of amides is 1. The van der Waals surface area contributed by atoms with Gasteiger partial charge in [-0.15, -0.1) is 0 Å². The summed E-state index contributed by atoms with van der Waals surface area (Å²) in [5.74, 6) is -0.532. The lowest BCUT2D eigenvalue weighted by molar-refractivity contribution is -0.137. The minimum atomic E-state index is -4.48. The van der Waals surface area contributed by atoms with E-state index in [1.54, 1.807) is 12.2 Å². The molecule has 1 aromatic heterocycles. The van der Waals surface area contributed by atoms with E-state index >= 15 is 0 Å². The maximum absolute atomic E-state index is 11.9. The van der Waals surface area contributed by atoms with Gasteiger partial charge in [-0.1, -0.05) is 0 Å². The number of hydrogen-bond donors (Lipinski definition) is 1. The van der Waals surface area contributed by atoms with Crippen molar-refractivity contribution >= 4 is 16.7 Å². The van der Waals surface area contributed by atoms with E-state index in [-0.39, 0.29) is 0 Å². The smallest absolute Gasteiger partial charge is 0.405 e. The van der Waals surface area contributed by atoms with Crippen molar-refractivity contribution in [3.05, 3.63) is 18.1 Å². The second kappa shape index (κ2) is 5.55. The van der Waals surface area contributed by atoms with Gasteiger partial charge in [0.1, 0.15) is 17.6 Å². The Balaban J connectivity index is 2.65. The minimum Gasteiger partial charge on any atom is -0.468 e. The third-order valence-corrected chi connectivity index (χ3v) is 3.89. The first-order valence-corrected chi connectivity index (χ1v) is 6.23. The molecule has 1 N–H and O–H groups in total. The fourth-order valence-corrected chi connectivity index (χ4v) is 2.38. The van der Waals surface area contributed by atoms with Crippen molar-refractivity contribution in [2.75, 3.05) is 6.54 Å². The summed E-state index contributed by atoms with van der Waals surface area (Å²) < 4.78 is 52.6. The van der Waals surface area contributed by atoms with Crippen LogP contribution in [0.25, 0.3) is 0 Å². The Hall–Kier alpha value is -1.31. The van der Waals surface area contributed by atoms with Crippen molar-refractivity contribution in [1.82, 2.24) is 5.32 Å². The Kier molecular flexibility index (Phi) is 4.55. The Bertz CT molecular complexity index is 455. The average Bonchev–Trinajstić information content (AvgIpc) is 2.69. The van der Waals surface area contributed by atoms with Gasteiger partial charge in [-0.25, -0.2) is 0 Å². The van der Waals surface area contributed by atoms with Crippen LogP contribution in [0.4, 0.5) is 13.2 Å². The molecule has 8 heteroatoms. The predicted octanol–water partition coefficient (Wildman–Crippen LogP) is 1.76. The Morgan fingerprint density at radius 2 is 2.17 bits per heavy atom. The van der Waals surface area contributed by atoms with Crippen LogP contribution in [0, 0.1) is 6.92 Å². The molecule has 0 saturated heterocycles. The van der Waals surface area contributed by atoms with E-state index in [0.29, 0.717) is 10.7 Å². The summed E-state index contributed by atoms with van der Waals surface area (Å²) in [6.07, 6.45) is -3.18. The van der Waals surface area contributed by atoms with E-state index < -0.39 is 34.7 Å². The first-order valence-electron chi connectivity index (χ1n) is 5.01. The number of carbonyl (C=O) groups excluding carboxylic acids is 1. The fourth-order valence-electron chi connectivity index (χ4n) is 1.20. The van der Waals surface area contributed by atoms with E-state index in [9.17, 15) is 22.2 Å². The summed E-state index contributed by atoms with van der Waals surface area (Å²) in [6.45, 7) is 1.43. The van der Waals surface area contributed by atoms with Crippen LogP contribution in [-0.4, -0.2) is 28.1 Å². The van der Waals surface area contributed by atoms with E-state index in [1.807, 2.05) is 0 Å². The molecule has 0 radical (unpaired) electrons. The third kappa shape index (κ3) is 3.86. The molecule has 0 saturated carbocycles. The van der Waals surface area contributed by atoms with Crippen molar-refractivity contribution in [3.8, 4) is 0 Å². The molecule has 1 rings (SSSR count). The van der Waals surface area contributed by atoms with Crippen LogP contribution in [0.3, 0.4) is 0 Å². The van der Waals surface area contributed by atoms with Gasteiger partial charge >= 0.3 is 6.18 Å². The second-order valence-electron chi connectivity index (χ2n) is 3.61. The molecule has 0 aromatic carbocycles. The SMILES string of the molecule is Cc1occc1S(=O)C(C)C(=O)NCC(F)(F)F. The molecule has 18 heavy (non-hydrogen) atoms. The first kappa shape index (κ1) is 14.7. The number of alkyl halides is 3. The van der Waals surface area contributed by atoms with Gasteiger partial charge in [0, 0.05) is 0 Å². The molecule has 0 fully saturated rings. The molecule has 2 unspecified atom stereocenters. The lowest BCUT2D eigenvalue weighted by atomic mass is 10.4. The van der Waals surface area contributed by atoms with Gasteiger partial charge in [-0.3, -0.25) is 9.00 Å². The van der Waals surface area contributed by atoms with Crippen LogP contribution in [0.15, 0.2) is 21.6 Å². The lowest BCUT2D eigenvalue weighted by Crippen LogP contribution is -2.40. The van der Waals surface area contributed by atoms with Gasteiger partial charge in [0.15, 0.2) is 0 Å². The summed E-state index contributed by atoms with van der Waals surface area (Å²) in [6, 6.07) is 1.43. The summed E-state index contributed by atoms with van der Waals surface area (Å²) in [5, 5.41) is 0.617. The zero-order valence-corrected chi connectivity index (χ0v) is 10.5. The van der Waals surface area contributed by atoms with Gasteiger partial charge in [-0.05, 0) is 19.9 Å². The molecule has 1 amide bonds. The van der Waals surface area contributed by atoms with Crippen LogP contribution < -0.4 is 5.32 Å². The number of halogens is 3. The molecule has 0 spiro atoms. The molecule has 0 bridgehead atoms. The summed E-state index contributed by atoms with van der Waals surface area (Å²) >= 11 is 0. The van der Waals surface area contributed by atoms with Gasteiger partial charge in [-0.2, -0.15) is 13.2 Å². The first-order chi connectivity index (χ1) is 8.22. The molecule has 1 aromatic rings. The number of nitrogens with one attached hydrogen (secondary N) is 1. The van der Waals surface area contributed by atoms with Gasteiger partial charge < -0.3 is 9.73 Å². The quantitative estimate of drug-likeness (QED) is 0.916. The van der Waals surface area contributed by atoms with Gasteiger partial charge in [0.25, 0.3) is 0 Å². The fraction of sp³-hybridized carbons (Fsp3) is 0.500. The number of hydrogen-bond acceptors (Lipinski definition) is 3. The largest absolute Gasteiger partial charge is 0.468 e. The summed E-state index contributed by atoms with van der Waals surface area (Å²) in [4.78, 5) is 11.7. The number of furan rings is 1. The maximum atomic E-state index is 11.9. The topological polar surface area (TPSA) is 59.3 Å². The average molecular weight is 283 g/mol. The van der Waals surface area contributed by atoms with Crippen molar-refractivity contribution in [2.24, 2.45) is 0 Å². The third-order valence-electron chi connectivity index (χ3n) is 2.18. The molecule has 0 aliphatic rings. The molecular formula is C10H12F3NO3S. The Morgan fingerprint density at radius 3 is 2.61 bits per heavy atom. The summed E-state index contributed by atoms with van der Waals surface area (Å²) in [7, 11) is -1.74. The highest BCUT2D eigenvalue weighted by molar-refractivity contribution is 7.86. The Labute approximate surface area is 104 Å². The Morgan fingerprint density at radius 1 is 1.56 bits per heavy atom. The molecule has 4 nitrogen and oxygen atoms in total. The zero-order valence-electron chi connectivity index (χ0n) is 9.71. The predicted molar refractivity (Wildman–Crippen MR) is 58.4 cm³/mol. The van der Waals surface area contributed by atoms with Gasteiger partial charge in [0.05, 0.1) is 22.0 Å². The van der Waals surface area contributed by atoms with E-state index in [2.05, 4.69) is 0 Å². The highest BCUT2D eigenvalue weighted by Crippen LogP contribution is 2.18. The highest BCUT2D eigenvalue weighted by Gasteiger charge is 2.30. The van der Waals surface area contributed by atoms with Crippen LogP contribution >= 0.6 is 0 Å². The minimum absolute atomic E-state index is 0.310. The van der Waals surface area contributed by atoms with Crippen LogP contribution in [0.2, 0.25) is 0 Å². The van der Waals surface area contributed by atoms with Crippen LogP contribution in [0.5, 0.6) is 0 Å². The molecule has 0 aliphatic carbocycles. The van der Waals surface area contributed by atoms with Crippen molar-refractivity contribution in [1.29, 1.82) is 0 Å². The maximum Gasteiger partial charge on any atom is 0.405 e. The number of carbonyl (C=O) groups is 1. The number of aryl methyl sites for hydroxylation is 1. The molecule has 102 valence electrons. The molecule has 2 atom stereocenters. The van der Waals surface area contributed by atoms with E-state index in [1.165, 1.54) is 19.3 Å². The van der Waals surface area contributed by atoms with Crippen LogP contribution in [0.1, 0.15) is 12.7 Å². The number of rotatable bonds is 4. The molecular weight excluding hydrogens is 271 g/mol. The normalized spacial score (nSPS) is 15.2. The zero-order chi connectivity index (χ0) is 13.9.